The monoisotopic (exact) mass is 272 g/mol. The molecule has 0 bridgehead atoms. The molecule has 1 aromatic heterocycles. The van der Waals surface area contributed by atoms with Crippen molar-refractivity contribution in [1.29, 1.82) is 0 Å². The number of hydrogen-bond acceptors (Lipinski definition) is 2. The Labute approximate surface area is 97.6 Å². The van der Waals surface area contributed by atoms with Gasteiger partial charge in [-0.25, -0.2) is 9.37 Å². The number of pyridine rings is 1. The van der Waals surface area contributed by atoms with Crippen LogP contribution in [0.25, 0.3) is 0 Å². The summed E-state index contributed by atoms with van der Waals surface area (Å²) in [7, 11) is 0. The van der Waals surface area contributed by atoms with Crippen molar-refractivity contribution in [3.8, 4) is 0 Å². The molecule has 1 aliphatic rings. The van der Waals surface area contributed by atoms with Gasteiger partial charge >= 0.3 is 0 Å². The first-order valence-corrected chi connectivity index (χ1v) is 6.07. The van der Waals surface area contributed by atoms with E-state index in [0.717, 1.165) is 18.9 Å². The summed E-state index contributed by atoms with van der Waals surface area (Å²) in [6, 6.07) is 3.21. The minimum absolute atomic E-state index is 0.279. The van der Waals surface area contributed by atoms with Crippen LogP contribution in [0.15, 0.2) is 18.3 Å². The molecule has 15 heavy (non-hydrogen) atoms. The Hall–Kier alpha value is -0.640. The van der Waals surface area contributed by atoms with E-state index < -0.39 is 0 Å². The van der Waals surface area contributed by atoms with Gasteiger partial charge in [0.1, 0.15) is 11.6 Å². The fourth-order valence-corrected chi connectivity index (χ4v) is 3.01. The first kappa shape index (κ1) is 10.9. The Morgan fingerprint density at radius 1 is 1.47 bits per heavy atom. The van der Waals surface area contributed by atoms with Gasteiger partial charge in [-0.05, 0) is 24.5 Å². The summed E-state index contributed by atoms with van der Waals surface area (Å²) in [6.45, 7) is 4.17. The average Bonchev–Trinajstić information content (AvgIpc) is 2.17. The van der Waals surface area contributed by atoms with Crippen molar-refractivity contribution in [1.82, 2.24) is 4.98 Å². The van der Waals surface area contributed by atoms with Crippen molar-refractivity contribution in [3.05, 3.63) is 24.1 Å². The van der Waals surface area contributed by atoms with Gasteiger partial charge in [-0.2, -0.15) is 0 Å². The smallest absolute Gasteiger partial charge is 0.141 e. The van der Waals surface area contributed by atoms with Crippen LogP contribution in [0.2, 0.25) is 0 Å². The van der Waals surface area contributed by atoms with Crippen molar-refractivity contribution in [2.45, 2.75) is 18.2 Å². The van der Waals surface area contributed by atoms with Crippen molar-refractivity contribution < 1.29 is 4.39 Å². The predicted molar refractivity (Wildman–Crippen MR) is 62.9 cm³/mol. The van der Waals surface area contributed by atoms with E-state index in [2.05, 4.69) is 32.7 Å². The van der Waals surface area contributed by atoms with Gasteiger partial charge in [0.25, 0.3) is 0 Å². The number of alkyl halides is 1. The first-order valence-electron chi connectivity index (χ1n) is 5.15. The van der Waals surface area contributed by atoms with Crippen LogP contribution in [-0.4, -0.2) is 22.9 Å². The van der Waals surface area contributed by atoms with E-state index in [1.165, 1.54) is 18.7 Å². The molecule has 82 valence electrons. The maximum Gasteiger partial charge on any atom is 0.141 e. The zero-order chi connectivity index (χ0) is 10.8. The highest BCUT2D eigenvalue weighted by molar-refractivity contribution is 9.09. The fourth-order valence-electron chi connectivity index (χ4n) is 2.02. The first-order chi connectivity index (χ1) is 7.15. The Balaban J connectivity index is 2.12. The molecule has 4 heteroatoms. The minimum atomic E-state index is -0.279. The second-order valence-corrected chi connectivity index (χ2v) is 5.47. The molecular weight excluding hydrogens is 259 g/mol. The van der Waals surface area contributed by atoms with E-state index in [9.17, 15) is 4.39 Å². The van der Waals surface area contributed by atoms with Crippen LogP contribution >= 0.6 is 15.9 Å². The summed E-state index contributed by atoms with van der Waals surface area (Å²) in [5.74, 6) is 1.24. The molecule has 0 aromatic carbocycles. The molecule has 1 aromatic rings. The summed E-state index contributed by atoms with van der Waals surface area (Å²) in [5, 5.41) is 0. The van der Waals surface area contributed by atoms with Crippen LogP contribution < -0.4 is 4.90 Å². The summed E-state index contributed by atoms with van der Waals surface area (Å²) < 4.78 is 12.7. The maximum absolute atomic E-state index is 12.7. The van der Waals surface area contributed by atoms with Crippen molar-refractivity contribution in [2.24, 2.45) is 5.92 Å². The number of anilines is 1. The number of halogens is 2. The Bertz CT molecular complexity index is 318. The molecule has 0 N–H and O–H groups in total. The number of hydrogen-bond donors (Lipinski definition) is 0. The Morgan fingerprint density at radius 3 is 2.87 bits per heavy atom. The summed E-state index contributed by atoms with van der Waals surface area (Å²) in [4.78, 5) is 6.81. The van der Waals surface area contributed by atoms with E-state index in [-0.39, 0.29) is 5.82 Å². The van der Waals surface area contributed by atoms with E-state index in [1.807, 2.05) is 0 Å². The van der Waals surface area contributed by atoms with Crippen LogP contribution in [0.1, 0.15) is 13.3 Å². The Morgan fingerprint density at radius 2 is 2.27 bits per heavy atom. The van der Waals surface area contributed by atoms with Gasteiger partial charge in [0, 0.05) is 17.9 Å². The fraction of sp³-hybridized carbons (Fsp3) is 0.545. The molecule has 1 fully saturated rings. The van der Waals surface area contributed by atoms with Gasteiger partial charge < -0.3 is 4.90 Å². The molecule has 1 aliphatic heterocycles. The highest BCUT2D eigenvalue weighted by Gasteiger charge is 2.23. The second kappa shape index (κ2) is 4.47. The quantitative estimate of drug-likeness (QED) is 0.731. The van der Waals surface area contributed by atoms with E-state index >= 15 is 0 Å². The molecule has 0 saturated carbocycles. The van der Waals surface area contributed by atoms with Crippen LogP contribution in [0.4, 0.5) is 10.2 Å². The van der Waals surface area contributed by atoms with Crippen LogP contribution in [-0.2, 0) is 0 Å². The van der Waals surface area contributed by atoms with E-state index in [1.54, 1.807) is 6.07 Å². The third kappa shape index (κ3) is 2.68. The maximum atomic E-state index is 12.7. The molecule has 2 heterocycles. The SMILES string of the molecule is CC1CC(Br)CN(c2ccc(F)cn2)C1. The van der Waals surface area contributed by atoms with Crippen molar-refractivity contribution in [2.75, 3.05) is 18.0 Å². The van der Waals surface area contributed by atoms with Gasteiger partial charge in [-0.1, -0.05) is 22.9 Å². The van der Waals surface area contributed by atoms with E-state index in [4.69, 9.17) is 0 Å². The molecule has 1 saturated heterocycles. The highest BCUT2D eigenvalue weighted by Crippen LogP contribution is 2.25. The van der Waals surface area contributed by atoms with Gasteiger partial charge in [-0.15, -0.1) is 0 Å². The topological polar surface area (TPSA) is 16.1 Å². The van der Waals surface area contributed by atoms with Crippen LogP contribution in [0.5, 0.6) is 0 Å². The predicted octanol–water partition coefficient (Wildman–Crippen LogP) is 2.83. The molecular formula is C11H14BrFN2. The van der Waals surface area contributed by atoms with Gasteiger partial charge in [0.05, 0.1) is 6.20 Å². The molecule has 0 aliphatic carbocycles. The van der Waals surface area contributed by atoms with Gasteiger partial charge in [0.15, 0.2) is 0 Å². The van der Waals surface area contributed by atoms with Crippen LogP contribution in [0, 0.1) is 11.7 Å². The number of piperidine rings is 1. The molecule has 0 spiro atoms. The zero-order valence-corrected chi connectivity index (χ0v) is 10.2. The zero-order valence-electron chi connectivity index (χ0n) is 8.66. The normalized spacial score (nSPS) is 26.7. The second-order valence-electron chi connectivity index (χ2n) is 4.18. The van der Waals surface area contributed by atoms with Gasteiger partial charge in [0.2, 0.25) is 0 Å². The largest absolute Gasteiger partial charge is 0.355 e. The number of aromatic nitrogens is 1. The van der Waals surface area contributed by atoms with Crippen molar-refractivity contribution in [3.63, 3.8) is 0 Å². The molecule has 2 unspecified atom stereocenters. The summed E-state index contributed by atoms with van der Waals surface area (Å²) in [6.07, 6.45) is 2.47. The molecule has 2 nitrogen and oxygen atoms in total. The molecule has 2 atom stereocenters. The standard InChI is InChI=1S/C11H14BrFN2/c1-8-4-9(12)7-15(6-8)11-3-2-10(13)5-14-11/h2-3,5,8-9H,4,6-7H2,1H3. The van der Waals surface area contributed by atoms with E-state index in [0.29, 0.717) is 10.7 Å². The number of nitrogens with zero attached hydrogens (tertiary/aromatic N) is 2. The summed E-state index contributed by atoms with van der Waals surface area (Å²) in [5.41, 5.74) is 0. The van der Waals surface area contributed by atoms with Crippen LogP contribution in [0.3, 0.4) is 0 Å². The minimum Gasteiger partial charge on any atom is -0.355 e. The lowest BCUT2D eigenvalue weighted by Gasteiger charge is -2.34. The molecule has 2 rings (SSSR count). The third-order valence-corrected chi connectivity index (χ3v) is 3.31. The highest BCUT2D eigenvalue weighted by atomic mass is 79.9. The average molecular weight is 273 g/mol. The lowest BCUT2D eigenvalue weighted by Crippen LogP contribution is -2.40. The van der Waals surface area contributed by atoms with Crippen molar-refractivity contribution >= 4 is 21.7 Å². The Kier molecular flexibility index (Phi) is 3.24. The lowest BCUT2D eigenvalue weighted by atomic mass is 10.0. The number of rotatable bonds is 1. The molecule has 0 amide bonds. The third-order valence-electron chi connectivity index (χ3n) is 2.64. The summed E-state index contributed by atoms with van der Waals surface area (Å²) >= 11 is 3.64. The molecule has 0 radical (unpaired) electrons. The lowest BCUT2D eigenvalue weighted by molar-refractivity contribution is 0.457. The van der Waals surface area contributed by atoms with Gasteiger partial charge in [-0.3, -0.25) is 0 Å².